The first-order valence-electron chi connectivity index (χ1n) is 11.9. The van der Waals surface area contributed by atoms with Crippen LogP contribution in [0.3, 0.4) is 0 Å². The second-order valence-electron chi connectivity index (χ2n) is 8.48. The van der Waals surface area contributed by atoms with Crippen molar-refractivity contribution in [2.24, 2.45) is 11.6 Å². The van der Waals surface area contributed by atoms with Gasteiger partial charge in [-0.1, -0.05) is 84.0 Å². The van der Waals surface area contributed by atoms with E-state index in [1.807, 2.05) is 0 Å². The molecule has 170 valence electrons. The van der Waals surface area contributed by atoms with E-state index < -0.39 is 11.9 Å². The van der Waals surface area contributed by atoms with Crippen molar-refractivity contribution in [3.8, 4) is 0 Å². The van der Waals surface area contributed by atoms with Crippen molar-refractivity contribution in [3.05, 3.63) is 0 Å². The summed E-state index contributed by atoms with van der Waals surface area (Å²) in [5, 5.41) is 7.43. The number of unbranched alkanes of at least 4 members (excludes halogenated alkanes) is 12. The molecule has 0 saturated carbocycles. The molecule has 0 aromatic carbocycles. The van der Waals surface area contributed by atoms with Gasteiger partial charge in [0.25, 0.3) is 0 Å². The summed E-state index contributed by atoms with van der Waals surface area (Å²) in [4.78, 5) is 24.0. The summed E-state index contributed by atoms with van der Waals surface area (Å²) in [5.41, 5.74) is 5.47. The molecule has 2 unspecified atom stereocenters. The Morgan fingerprint density at radius 2 is 1.45 bits per heavy atom. The molecule has 0 radical (unpaired) electrons. The van der Waals surface area contributed by atoms with Crippen LogP contribution in [0.1, 0.15) is 103 Å². The number of nitrogens with zero attached hydrogens (tertiary/aromatic N) is 1. The van der Waals surface area contributed by atoms with E-state index in [9.17, 15) is 9.59 Å². The molecule has 0 aromatic heterocycles. The molecule has 6 N–H and O–H groups in total. The number of hydrazine groups is 1. The summed E-state index contributed by atoms with van der Waals surface area (Å²) in [6, 6.07) is -0.635. The summed E-state index contributed by atoms with van der Waals surface area (Å²) in [5.74, 6) is 5.19. The zero-order valence-electron chi connectivity index (χ0n) is 18.6. The highest BCUT2D eigenvalue weighted by atomic mass is 16.2. The Balaban J connectivity index is 2.02. The van der Waals surface area contributed by atoms with Crippen LogP contribution in [0.2, 0.25) is 0 Å². The van der Waals surface area contributed by atoms with Crippen LogP contribution >= 0.6 is 0 Å². The van der Waals surface area contributed by atoms with Crippen LogP contribution < -0.4 is 22.2 Å². The minimum absolute atomic E-state index is 0.114. The molecule has 2 amide bonds. The Morgan fingerprint density at radius 3 is 1.90 bits per heavy atom. The van der Waals surface area contributed by atoms with Crippen LogP contribution in [0.15, 0.2) is 0 Å². The second-order valence-corrected chi connectivity index (χ2v) is 8.48. The average molecular weight is 412 g/mol. The lowest BCUT2D eigenvalue weighted by atomic mass is 10.0. The van der Waals surface area contributed by atoms with E-state index >= 15 is 0 Å². The Kier molecular flexibility index (Phi) is 14.8. The summed E-state index contributed by atoms with van der Waals surface area (Å²) in [6.45, 7) is 3.71. The number of nitrogens with one attached hydrogen (secondary N) is 2. The van der Waals surface area contributed by atoms with Gasteiger partial charge in [-0.25, -0.2) is 5.84 Å². The van der Waals surface area contributed by atoms with Gasteiger partial charge in [0.15, 0.2) is 0 Å². The molecule has 1 rings (SSSR count). The van der Waals surface area contributed by atoms with Gasteiger partial charge in [0.05, 0.1) is 0 Å². The Bertz CT molecular complexity index is 441. The number of carbonyl (C=O) groups is 2. The molecular formula is C22H45N5O2. The SMILES string of the molecule is CCCCCCCCCCCCCCCC(=O)N(N)C(CC1CNCN1)C(N)=O. The van der Waals surface area contributed by atoms with Gasteiger partial charge in [-0.2, -0.15) is 0 Å². The molecular weight excluding hydrogens is 366 g/mol. The maximum atomic E-state index is 12.3. The first-order chi connectivity index (χ1) is 14.1. The maximum absolute atomic E-state index is 12.3. The second kappa shape index (κ2) is 16.6. The third kappa shape index (κ3) is 12.2. The lowest BCUT2D eigenvalue weighted by molar-refractivity contribution is -0.140. The molecule has 0 aromatic rings. The van der Waals surface area contributed by atoms with Crippen LogP contribution in [0.4, 0.5) is 0 Å². The first kappa shape index (κ1) is 25.9. The number of primary amides is 1. The normalized spacial score (nSPS) is 17.4. The number of amides is 2. The van der Waals surface area contributed by atoms with Crippen LogP contribution in [0, 0.1) is 0 Å². The molecule has 1 aliphatic rings. The van der Waals surface area contributed by atoms with Crippen LogP contribution in [-0.2, 0) is 9.59 Å². The number of hydrogen-bond donors (Lipinski definition) is 4. The molecule has 1 saturated heterocycles. The zero-order chi connectivity index (χ0) is 21.3. The van der Waals surface area contributed by atoms with Crippen molar-refractivity contribution in [1.29, 1.82) is 0 Å². The molecule has 0 spiro atoms. The highest BCUT2D eigenvalue weighted by Gasteiger charge is 2.29. The third-order valence-electron chi connectivity index (χ3n) is 5.86. The quantitative estimate of drug-likeness (QED) is 0.120. The number of carbonyl (C=O) groups excluding carboxylic acids is 2. The average Bonchev–Trinajstić information content (AvgIpc) is 3.22. The molecule has 7 heteroatoms. The summed E-state index contributed by atoms with van der Waals surface area (Å²) >= 11 is 0. The van der Waals surface area contributed by atoms with Gasteiger partial charge in [0.1, 0.15) is 6.04 Å². The summed E-state index contributed by atoms with van der Waals surface area (Å²) < 4.78 is 0. The van der Waals surface area contributed by atoms with E-state index in [2.05, 4.69) is 17.6 Å². The Morgan fingerprint density at radius 1 is 0.931 bits per heavy atom. The van der Waals surface area contributed by atoms with Gasteiger partial charge in [-0.05, 0) is 12.8 Å². The smallest absolute Gasteiger partial charge is 0.241 e. The van der Waals surface area contributed by atoms with Gasteiger partial charge < -0.3 is 16.4 Å². The monoisotopic (exact) mass is 411 g/mol. The minimum atomic E-state index is -0.748. The molecule has 7 nitrogen and oxygen atoms in total. The van der Waals surface area contributed by atoms with Crippen LogP contribution in [0.5, 0.6) is 0 Å². The molecule has 1 heterocycles. The van der Waals surface area contributed by atoms with E-state index in [1.165, 1.54) is 64.2 Å². The minimum Gasteiger partial charge on any atom is -0.368 e. The molecule has 0 bridgehead atoms. The van der Waals surface area contributed by atoms with E-state index in [0.29, 0.717) is 19.5 Å². The number of hydrogen-bond acceptors (Lipinski definition) is 5. The maximum Gasteiger partial charge on any atom is 0.241 e. The fourth-order valence-electron chi connectivity index (χ4n) is 3.93. The van der Waals surface area contributed by atoms with Crippen LogP contribution in [0.25, 0.3) is 0 Å². The van der Waals surface area contributed by atoms with E-state index in [-0.39, 0.29) is 11.9 Å². The molecule has 1 fully saturated rings. The first-order valence-corrected chi connectivity index (χ1v) is 11.9. The highest BCUT2D eigenvalue weighted by molar-refractivity contribution is 5.86. The van der Waals surface area contributed by atoms with Crippen LogP contribution in [-0.4, -0.2) is 42.1 Å². The Hall–Kier alpha value is -1.18. The molecule has 1 aliphatic heterocycles. The summed E-state index contributed by atoms with van der Waals surface area (Å²) in [7, 11) is 0. The van der Waals surface area contributed by atoms with Gasteiger partial charge >= 0.3 is 0 Å². The standard InChI is InChI=1S/C22H45N5O2/c1-2-3-4-5-6-7-8-9-10-11-12-13-14-15-21(28)27(24)20(22(23)29)16-19-17-25-18-26-19/h19-20,25-26H,2-18,24H2,1H3,(H2,23,29). The molecule has 0 aliphatic carbocycles. The van der Waals surface area contributed by atoms with Crippen molar-refractivity contribution in [2.75, 3.05) is 13.2 Å². The van der Waals surface area contributed by atoms with Crippen molar-refractivity contribution < 1.29 is 9.59 Å². The zero-order valence-corrected chi connectivity index (χ0v) is 18.6. The number of rotatable bonds is 18. The van der Waals surface area contributed by atoms with E-state index in [0.717, 1.165) is 30.8 Å². The van der Waals surface area contributed by atoms with Crippen molar-refractivity contribution in [2.45, 2.75) is 115 Å². The summed E-state index contributed by atoms with van der Waals surface area (Å²) in [6.07, 6.45) is 17.3. The highest BCUT2D eigenvalue weighted by Crippen LogP contribution is 2.14. The topological polar surface area (TPSA) is 113 Å². The van der Waals surface area contributed by atoms with Gasteiger partial charge in [0, 0.05) is 25.7 Å². The lowest BCUT2D eigenvalue weighted by Gasteiger charge is -2.27. The van der Waals surface area contributed by atoms with Crippen molar-refractivity contribution >= 4 is 11.8 Å². The van der Waals surface area contributed by atoms with Crippen molar-refractivity contribution in [1.82, 2.24) is 15.6 Å². The predicted octanol–water partition coefficient (Wildman–Crippen LogP) is 2.93. The van der Waals surface area contributed by atoms with Gasteiger partial charge in [-0.15, -0.1) is 0 Å². The number of nitrogens with two attached hydrogens (primary N) is 2. The molecule has 29 heavy (non-hydrogen) atoms. The third-order valence-corrected chi connectivity index (χ3v) is 5.86. The van der Waals surface area contributed by atoms with E-state index in [1.54, 1.807) is 0 Å². The van der Waals surface area contributed by atoms with Crippen molar-refractivity contribution in [3.63, 3.8) is 0 Å². The fraction of sp³-hybridized carbons (Fsp3) is 0.909. The lowest BCUT2D eigenvalue weighted by Crippen LogP contribution is -2.54. The van der Waals surface area contributed by atoms with E-state index in [4.69, 9.17) is 11.6 Å². The fourth-order valence-corrected chi connectivity index (χ4v) is 3.93. The predicted molar refractivity (Wildman–Crippen MR) is 119 cm³/mol. The molecule has 2 atom stereocenters. The largest absolute Gasteiger partial charge is 0.368 e. The van der Waals surface area contributed by atoms with Gasteiger partial charge in [0.2, 0.25) is 11.8 Å². The Labute approximate surface area is 177 Å². The van der Waals surface area contributed by atoms with Gasteiger partial charge in [-0.3, -0.25) is 14.6 Å².